The Hall–Kier alpha value is -1.20. The summed E-state index contributed by atoms with van der Waals surface area (Å²) in [7, 11) is 0. The summed E-state index contributed by atoms with van der Waals surface area (Å²) in [6.07, 6.45) is 3.16. The number of carbonyl (C=O) groups excluding carboxylic acids is 2. The number of aliphatic hydroxyl groups is 1. The minimum atomic E-state index is -0.933. The highest BCUT2D eigenvalue weighted by Crippen LogP contribution is 2.34. The lowest BCUT2D eigenvalue weighted by atomic mass is 9.79. The summed E-state index contributed by atoms with van der Waals surface area (Å²) < 4.78 is 0.773. The molecule has 1 N–H and O–H groups in total. The van der Waals surface area contributed by atoms with Crippen molar-refractivity contribution in [3.8, 4) is 0 Å². The molecule has 0 bridgehead atoms. The minimum absolute atomic E-state index is 0.101. The molecule has 2 aliphatic rings. The van der Waals surface area contributed by atoms with Crippen molar-refractivity contribution in [2.45, 2.75) is 38.2 Å². The van der Waals surface area contributed by atoms with Crippen LogP contribution in [0.5, 0.6) is 0 Å². The Balaban J connectivity index is 1.82. The van der Waals surface area contributed by atoms with Crippen molar-refractivity contribution >= 4 is 27.7 Å². The van der Waals surface area contributed by atoms with E-state index in [2.05, 4.69) is 22.9 Å². The first-order valence-electron chi connectivity index (χ1n) is 7.28. The van der Waals surface area contributed by atoms with E-state index in [0.29, 0.717) is 29.9 Å². The third kappa shape index (κ3) is 2.64. The molecule has 0 unspecified atom stereocenters. The maximum Gasteiger partial charge on any atom is 0.261 e. The monoisotopic (exact) mass is 351 g/mol. The molecule has 0 saturated heterocycles. The molecule has 3 rings (SSSR count). The van der Waals surface area contributed by atoms with E-state index in [0.717, 1.165) is 17.3 Å². The number of fused-ring (bicyclic) bond motifs is 1. The molecule has 4 nitrogen and oxygen atoms in total. The molecular weight excluding hydrogens is 334 g/mol. The Bertz CT molecular complexity index is 606. The molecule has 5 heteroatoms. The smallest absolute Gasteiger partial charge is 0.261 e. The Morgan fingerprint density at radius 3 is 2.52 bits per heavy atom. The van der Waals surface area contributed by atoms with Crippen molar-refractivity contribution in [3.05, 3.63) is 33.8 Å². The summed E-state index contributed by atoms with van der Waals surface area (Å²) in [5, 5.41) is 10.7. The number of hydrogen-bond acceptors (Lipinski definition) is 3. The number of β-amino-alcohol motifs (C(OH)–C–C–N with tert-alkyl or cyclic N) is 1. The largest absolute Gasteiger partial charge is 0.388 e. The Morgan fingerprint density at radius 2 is 1.86 bits per heavy atom. The molecule has 1 aromatic carbocycles. The SMILES string of the molecule is CC1CCC(O)(CN2C(=O)c3ccc(Br)cc3C2=O)CC1. The van der Waals surface area contributed by atoms with Crippen molar-refractivity contribution in [3.63, 3.8) is 0 Å². The van der Waals surface area contributed by atoms with E-state index >= 15 is 0 Å². The van der Waals surface area contributed by atoms with Crippen LogP contribution in [0.25, 0.3) is 0 Å². The van der Waals surface area contributed by atoms with Crippen LogP contribution in [0, 0.1) is 5.92 Å². The second-order valence-corrected chi connectivity index (χ2v) is 7.21. The average Bonchev–Trinajstić information content (AvgIpc) is 2.67. The van der Waals surface area contributed by atoms with Gasteiger partial charge in [0.15, 0.2) is 0 Å². The van der Waals surface area contributed by atoms with Crippen LogP contribution < -0.4 is 0 Å². The molecular formula is C16H18BrNO3. The third-order valence-corrected chi connectivity index (χ3v) is 5.08. The lowest BCUT2D eigenvalue weighted by Crippen LogP contribution is -2.47. The van der Waals surface area contributed by atoms with Crippen LogP contribution >= 0.6 is 15.9 Å². The van der Waals surface area contributed by atoms with Gasteiger partial charge in [0.25, 0.3) is 11.8 Å². The maximum absolute atomic E-state index is 12.4. The predicted octanol–water partition coefficient (Wildman–Crippen LogP) is 2.99. The fourth-order valence-electron chi connectivity index (χ4n) is 3.16. The van der Waals surface area contributed by atoms with Gasteiger partial charge in [-0.1, -0.05) is 22.9 Å². The summed E-state index contributed by atoms with van der Waals surface area (Å²) in [5.74, 6) is 0.00121. The Morgan fingerprint density at radius 1 is 1.24 bits per heavy atom. The molecule has 2 amide bonds. The number of nitrogens with zero attached hydrogens (tertiary/aromatic N) is 1. The Kier molecular flexibility index (Phi) is 3.66. The number of hydrogen-bond donors (Lipinski definition) is 1. The van der Waals surface area contributed by atoms with Crippen molar-refractivity contribution in [2.75, 3.05) is 6.54 Å². The van der Waals surface area contributed by atoms with E-state index in [4.69, 9.17) is 0 Å². The van der Waals surface area contributed by atoms with Crippen LogP contribution in [0.3, 0.4) is 0 Å². The lowest BCUT2D eigenvalue weighted by molar-refractivity contribution is -0.0261. The van der Waals surface area contributed by atoms with Gasteiger partial charge in [0, 0.05) is 4.47 Å². The van der Waals surface area contributed by atoms with Crippen LogP contribution in [-0.4, -0.2) is 34.0 Å². The molecule has 0 spiro atoms. The highest BCUT2D eigenvalue weighted by molar-refractivity contribution is 9.10. The van der Waals surface area contributed by atoms with E-state index in [1.54, 1.807) is 18.2 Å². The van der Waals surface area contributed by atoms with E-state index < -0.39 is 5.60 Å². The third-order valence-electron chi connectivity index (χ3n) is 4.59. The molecule has 1 aliphatic heterocycles. The summed E-state index contributed by atoms with van der Waals surface area (Å²) in [6.45, 7) is 2.27. The average molecular weight is 352 g/mol. The van der Waals surface area contributed by atoms with Crippen LogP contribution in [0.15, 0.2) is 22.7 Å². The molecule has 1 aromatic rings. The van der Waals surface area contributed by atoms with Crippen molar-refractivity contribution in [1.82, 2.24) is 4.90 Å². The van der Waals surface area contributed by atoms with Gasteiger partial charge in [-0.25, -0.2) is 0 Å². The van der Waals surface area contributed by atoms with Crippen molar-refractivity contribution < 1.29 is 14.7 Å². The summed E-state index contributed by atoms with van der Waals surface area (Å²) in [5.41, 5.74) is -0.0879. The molecule has 1 heterocycles. The molecule has 1 fully saturated rings. The van der Waals surface area contributed by atoms with Crippen LogP contribution in [-0.2, 0) is 0 Å². The first kappa shape index (κ1) is 14.7. The van der Waals surface area contributed by atoms with Crippen LogP contribution in [0.4, 0.5) is 0 Å². The van der Waals surface area contributed by atoms with E-state index in [-0.39, 0.29) is 18.4 Å². The normalized spacial score (nSPS) is 28.9. The quantitative estimate of drug-likeness (QED) is 0.833. The van der Waals surface area contributed by atoms with E-state index in [1.165, 1.54) is 4.90 Å². The first-order valence-corrected chi connectivity index (χ1v) is 8.07. The molecule has 1 saturated carbocycles. The number of rotatable bonds is 2. The topological polar surface area (TPSA) is 57.6 Å². The second kappa shape index (κ2) is 5.21. The van der Waals surface area contributed by atoms with Crippen LogP contribution in [0.2, 0.25) is 0 Å². The number of benzene rings is 1. The zero-order valence-corrected chi connectivity index (χ0v) is 13.5. The van der Waals surface area contributed by atoms with E-state index in [9.17, 15) is 14.7 Å². The maximum atomic E-state index is 12.4. The van der Waals surface area contributed by atoms with Gasteiger partial charge in [-0.2, -0.15) is 0 Å². The highest BCUT2D eigenvalue weighted by atomic mass is 79.9. The highest BCUT2D eigenvalue weighted by Gasteiger charge is 2.42. The zero-order valence-electron chi connectivity index (χ0n) is 11.9. The second-order valence-electron chi connectivity index (χ2n) is 6.29. The van der Waals surface area contributed by atoms with Crippen LogP contribution in [0.1, 0.15) is 53.3 Å². The summed E-state index contributed by atoms with van der Waals surface area (Å²) in [4.78, 5) is 26.0. The number of imide groups is 1. The van der Waals surface area contributed by atoms with Crippen molar-refractivity contribution in [2.24, 2.45) is 5.92 Å². The Labute approximate surface area is 132 Å². The van der Waals surface area contributed by atoms with E-state index in [1.807, 2.05) is 0 Å². The molecule has 112 valence electrons. The fourth-order valence-corrected chi connectivity index (χ4v) is 3.52. The van der Waals surface area contributed by atoms with Gasteiger partial charge in [0.2, 0.25) is 0 Å². The molecule has 1 aliphatic carbocycles. The van der Waals surface area contributed by atoms with Crippen molar-refractivity contribution in [1.29, 1.82) is 0 Å². The van der Waals surface area contributed by atoms with Gasteiger partial charge in [0.05, 0.1) is 23.3 Å². The molecule has 0 aromatic heterocycles. The van der Waals surface area contributed by atoms with Gasteiger partial charge in [-0.15, -0.1) is 0 Å². The predicted molar refractivity (Wildman–Crippen MR) is 82.1 cm³/mol. The lowest BCUT2D eigenvalue weighted by Gasteiger charge is -2.37. The van der Waals surface area contributed by atoms with Gasteiger partial charge >= 0.3 is 0 Å². The van der Waals surface area contributed by atoms with Gasteiger partial charge in [0.1, 0.15) is 0 Å². The van der Waals surface area contributed by atoms with Gasteiger partial charge < -0.3 is 5.11 Å². The minimum Gasteiger partial charge on any atom is -0.388 e. The first-order chi connectivity index (χ1) is 9.89. The number of amides is 2. The standard InChI is InChI=1S/C16H18BrNO3/c1-10-4-6-16(21,7-5-10)9-18-14(19)12-3-2-11(17)8-13(12)15(18)20/h2-3,8,10,21H,4-7,9H2,1H3. The number of carbonyl (C=O) groups is 2. The zero-order chi connectivity index (χ0) is 15.2. The fraction of sp³-hybridized carbons (Fsp3) is 0.500. The summed E-state index contributed by atoms with van der Waals surface area (Å²) in [6, 6.07) is 5.08. The van der Waals surface area contributed by atoms with Gasteiger partial charge in [-0.05, 0) is 49.8 Å². The number of halogens is 1. The summed E-state index contributed by atoms with van der Waals surface area (Å²) >= 11 is 3.32. The molecule has 0 atom stereocenters. The van der Waals surface area contributed by atoms with Gasteiger partial charge in [-0.3, -0.25) is 14.5 Å². The molecule has 0 radical (unpaired) electrons. The molecule has 21 heavy (non-hydrogen) atoms.